The monoisotopic (exact) mass is 138 g/mol. The molecule has 0 rings (SSSR count). The summed E-state index contributed by atoms with van der Waals surface area (Å²) in [5.41, 5.74) is 0. The van der Waals surface area contributed by atoms with E-state index in [1.54, 1.807) is 0 Å². The van der Waals surface area contributed by atoms with Crippen LogP contribution in [0, 0.1) is 0 Å². The highest BCUT2D eigenvalue weighted by Crippen LogP contribution is 1.84. The summed E-state index contributed by atoms with van der Waals surface area (Å²) in [5.74, 6) is 0.204. The van der Waals surface area contributed by atoms with Crippen molar-refractivity contribution in [1.29, 1.82) is 0 Å². The maximum absolute atomic E-state index is 9.83. The van der Waals surface area contributed by atoms with E-state index in [4.69, 9.17) is 5.11 Å². The first-order valence-corrected chi connectivity index (χ1v) is 3.86. The Bertz CT molecular complexity index is 99.9. The van der Waals surface area contributed by atoms with E-state index in [0.717, 1.165) is 0 Å². The van der Waals surface area contributed by atoms with E-state index >= 15 is 0 Å². The zero-order valence-electron chi connectivity index (χ0n) is 4.54. The molecular formula is C4H10O3S. The molecule has 0 aromatic carbocycles. The number of hydrogen-bond donors (Lipinski definition) is 2. The van der Waals surface area contributed by atoms with Gasteiger partial charge in [0.15, 0.2) is 0 Å². The van der Waals surface area contributed by atoms with Gasteiger partial charge in [0, 0.05) is 12.4 Å². The van der Waals surface area contributed by atoms with Crippen molar-refractivity contribution < 1.29 is 13.5 Å². The molecule has 0 fully saturated rings. The van der Waals surface area contributed by atoms with Gasteiger partial charge in [0.05, 0.1) is 0 Å². The number of rotatable bonds is 4. The molecule has 8 heavy (non-hydrogen) atoms. The van der Waals surface area contributed by atoms with Crippen molar-refractivity contribution in [2.24, 2.45) is 0 Å². The Morgan fingerprint density at radius 2 is 1.88 bits per heavy atom. The topological polar surface area (TPSA) is 54.4 Å². The van der Waals surface area contributed by atoms with Gasteiger partial charge in [-0.15, -0.1) is 0 Å². The van der Waals surface area contributed by atoms with Crippen molar-refractivity contribution in [3.63, 3.8) is 0 Å². The molecule has 0 aromatic rings. The molecule has 4 heteroatoms. The summed E-state index contributed by atoms with van der Waals surface area (Å²) < 4.78 is 19.7. The van der Waals surface area contributed by atoms with Crippen LogP contribution in [0.3, 0.4) is 0 Å². The zero-order chi connectivity index (χ0) is 6.41. The fourth-order valence-electron chi connectivity index (χ4n) is 0.353. The van der Waals surface area contributed by atoms with Crippen molar-refractivity contribution in [2.45, 2.75) is 12.8 Å². The number of aliphatic hydroxyl groups excluding tert-OH is 1. The van der Waals surface area contributed by atoms with Crippen LogP contribution in [0.4, 0.5) is 0 Å². The van der Waals surface area contributed by atoms with Gasteiger partial charge >= 0.3 is 0 Å². The van der Waals surface area contributed by atoms with E-state index in [9.17, 15) is 8.42 Å². The second kappa shape index (κ2) is 5.05. The molecule has 1 N–H and O–H groups in total. The zero-order valence-corrected chi connectivity index (χ0v) is 5.43. The first-order valence-electron chi connectivity index (χ1n) is 2.50. The summed E-state index contributed by atoms with van der Waals surface area (Å²) in [6.45, 7) is 0.0865. The summed E-state index contributed by atoms with van der Waals surface area (Å²) in [6, 6.07) is 0. The molecule has 0 spiro atoms. The summed E-state index contributed by atoms with van der Waals surface area (Å²) in [7, 11) is -2.22. The highest BCUT2D eigenvalue weighted by Gasteiger charge is 1.85. The Balaban J connectivity index is 2.94. The second-order valence-electron chi connectivity index (χ2n) is 1.49. The number of aliphatic hydroxyl groups is 1. The molecule has 0 aliphatic carbocycles. The quantitative estimate of drug-likeness (QED) is 0.402. The third-order valence-electron chi connectivity index (χ3n) is 0.749. The maximum Gasteiger partial charge on any atom is 0.140 e. The number of thiol groups is 1. The first-order chi connectivity index (χ1) is 3.77. The molecule has 3 nitrogen and oxygen atoms in total. The molecule has 0 amide bonds. The van der Waals surface area contributed by atoms with Gasteiger partial charge in [-0.25, -0.2) is 8.42 Å². The highest BCUT2D eigenvalue weighted by molar-refractivity contribution is 7.72. The average molecular weight is 138 g/mol. The molecule has 0 bridgehead atoms. The average Bonchev–Trinajstić information content (AvgIpc) is 1.66. The molecular weight excluding hydrogens is 128 g/mol. The lowest BCUT2D eigenvalue weighted by atomic mass is 10.4. The summed E-state index contributed by atoms with van der Waals surface area (Å²) in [6.07, 6.45) is 1.17. The lowest BCUT2D eigenvalue weighted by Crippen LogP contribution is -1.89. The minimum Gasteiger partial charge on any atom is -0.396 e. The third kappa shape index (κ3) is 5.91. The molecule has 0 heterocycles. The Hall–Kier alpha value is -0.0900. The van der Waals surface area contributed by atoms with Crippen LogP contribution in [0.5, 0.6) is 0 Å². The van der Waals surface area contributed by atoms with Crippen molar-refractivity contribution in [3.8, 4) is 0 Å². The maximum atomic E-state index is 9.83. The van der Waals surface area contributed by atoms with Crippen LogP contribution in [0.1, 0.15) is 12.8 Å². The fraction of sp³-hybridized carbons (Fsp3) is 1.00. The Morgan fingerprint density at radius 1 is 1.25 bits per heavy atom. The van der Waals surface area contributed by atoms with E-state index in [2.05, 4.69) is 0 Å². The van der Waals surface area contributed by atoms with Gasteiger partial charge in [0.1, 0.15) is 10.7 Å². The summed E-state index contributed by atoms with van der Waals surface area (Å²) in [4.78, 5) is 0. The molecule has 0 atom stereocenters. The van der Waals surface area contributed by atoms with Crippen molar-refractivity contribution in [1.82, 2.24) is 0 Å². The predicted octanol–water partition coefficient (Wildman–Crippen LogP) is -0.630. The van der Waals surface area contributed by atoms with Crippen LogP contribution < -0.4 is 0 Å². The molecule has 50 valence electrons. The van der Waals surface area contributed by atoms with Crippen LogP contribution in [-0.4, -0.2) is 25.9 Å². The molecule has 0 aliphatic rings. The van der Waals surface area contributed by atoms with E-state index in [0.29, 0.717) is 12.8 Å². The lowest BCUT2D eigenvalue weighted by Gasteiger charge is -1.86. The van der Waals surface area contributed by atoms with Crippen LogP contribution >= 0.6 is 0 Å². The predicted molar refractivity (Wildman–Crippen MR) is 31.5 cm³/mol. The Labute approximate surface area is 50.3 Å². The molecule has 0 radical (unpaired) electrons. The van der Waals surface area contributed by atoms with E-state index in [1.165, 1.54) is 0 Å². The van der Waals surface area contributed by atoms with Gasteiger partial charge < -0.3 is 5.11 Å². The van der Waals surface area contributed by atoms with Crippen molar-refractivity contribution >= 4 is 10.7 Å². The van der Waals surface area contributed by atoms with Crippen LogP contribution in [0.2, 0.25) is 0 Å². The lowest BCUT2D eigenvalue weighted by molar-refractivity contribution is 0.287. The van der Waals surface area contributed by atoms with Crippen LogP contribution in [0.15, 0.2) is 0 Å². The molecule has 0 aliphatic heterocycles. The van der Waals surface area contributed by atoms with Gasteiger partial charge in [-0.1, -0.05) is 0 Å². The van der Waals surface area contributed by atoms with Crippen LogP contribution in [0.25, 0.3) is 0 Å². The summed E-state index contributed by atoms with van der Waals surface area (Å²) in [5, 5.41) is 8.18. The largest absolute Gasteiger partial charge is 0.396 e. The number of hydrogen-bond acceptors (Lipinski definition) is 3. The van der Waals surface area contributed by atoms with Crippen molar-refractivity contribution in [3.05, 3.63) is 0 Å². The fourth-order valence-corrected chi connectivity index (χ4v) is 0.835. The SMILES string of the molecule is O=[SH](=O)CCCCO. The number of unbranched alkanes of at least 4 members (excludes halogenated alkanes) is 1. The molecule has 0 aromatic heterocycles. The van der Waals surface area contributed by atoms with Gasteiger partial charge in [-0.2, -0.15) is 0 Å². The standard InChI is InChI=1S/C4H10O3S/c5-3-1-2-4-8(6)7/h5,8H,1-4H2. The second-order valence-corrected chi connectivity index (χ2v) is 2.60. The molecule has 0 saturated heterocycles. The normalized spacial score (nSPS) is 10.2. The Morgan fingerprint density at radius 3 is 2.25 bits per heavy atom. The van der Waals surface area contributed by atoms with Gasteiger partial charge in [0.25, 0.3) is 0 Å². The van der Waals surface area contributed by atoms with Gasteiger partial charge in [-0.3, -0.25) is 0 Å². The third-order valence-corrected chi connectivity index (χ3v) is 1.43. The molecule has 0 unspecified atom stereocenters. The van der Waals surface area contributed by atoms with E-state index in [-0.39, 0.29) is 12.4 Å². The Kier molecular flexibility index (Phi) is 5.00. The molecule has 0 saturated carbocycles. The van der Waals surface area contributed by atoms with E-state index in [1.807, 2.05) is 0 Å². The highest BCUT2D eigenvalue weighted by atomic mass is 32.2. The minimum atomic E-state index is -2.22. The smallest absolute Gasteiger partial charge is 0.140 e. The first kappa shape index (κ1) is 7.91. The van der Waals surface area contributed by atoms with Gasteiger partial charge in [0.2, 0.25) is 0 Å². The van der Waals surface area contributed by atoms with Crippen LogP contribution in [-0.2, 0) is 10.7 Å². The summed E-state index contributed by atoms with van der Waals surface area (Å²) >= 11 is 0. The van der Waals surface area contributed by atoms with Crippen molar-refractivity contribution in [2.75, 3.05) is 12.4 Å². The van der Waals surface area contributed by atoms with E-state index < -0.39 is 10.7 Å². The minimum absolute atomic E-state index is 0.0865. The van der Waals surface area contributed by atoms with Gasteiger partial charge in [-0.05, 0) is 12.8 Å².